The number of nitrogens with one attached hydrogen (secondary N) is 2. The number of halogens is 2. The SMILES string of the molecule is COc1cc2c(Oc3ccc(NC(=O)C4(C(=O)Nc5ccc(F)cc5)CC4)cc3Cl)ccnc2cc1OCCCCC(=O)O.[H-].[Na+]. The van der Waals surface area contributed by atoms with E-state index in [4.69, 9.17) is 30.9 Å². The summed E-state index contributed by atoms with van der Waals surface area (Å²) in [5.41, 5.74) is 0.154. The van der Waals surface area contributed by atoms with Crippen LogP contribution >= 0.6 is 11.6 Å². The first kappa shape index (κ1) is 34.0. The number of methoxy groups -OCH3 is 1. The molecule has 1 heterocycles. The second-order valence-electron chi connectivity index (χ2n) is 10.3. The largest absolute Gasteiger partial charge is 1.00 e. The minimum atomic E-state index is -1.22. The van der Waals surface area contributed by atoms with Gasteiger partial charge in [-0.15, -0.1) is 0 Å². The minimum absolute atomic E-state index is 0. The van der Waals surface area contributed by atoms with Crippen LogP contribution in [0.1, 0.15) is 33.5 Å². The van der Waals surface area contributed by atoms with Gasteiger partial charge in [-0.3, -0.25) is 19.4 Å². The summed E-state index contributed by atoms with van der Waals surface area (Å²) < 4.78 is 30.6. The summed E-state index contributed by atoms with van der Waals surface area (Å²) in [5.74, 6) is -0.494. The van der Waals surface area contributed by atoms with E-state index in [1.165, 1.54) is 37.4 Å². The third-order valence-corrected chi connectivity index (χ3v) is 7.46. The van der Waals surface area contributed by atoms with Crippen molar-refractivity contribution in [2.24, 2.45) is 5.41 Å². The Kier molecular flexibility index (Phi) is 11.3. The summed E-state index contributed by atoms with van der Waals surface area (Å²) in [6, 6.07) is 15.2. The fraction of sp³-hybridized carbons (Fsp3) is 0.250. The zero-order valence-corrected chi connectivity index (χ0v) is 27.4. The van der Waals surface area contributed by atoms with Gasteiger partial charge in [0.1, 0.15) is 22.7 Å². The first-order chi connectivity index (χ1) is 21.2. The van der Waals surface area contributed by atoms with Gasteiger partial charge in [0.05, 0.1) is 24.3 Å². The smallest absolute Gasteiger partial charge is 1.00 e. The fourth-order valence-corrected chi connectivity index (χ4v) is 4.77. The Labute approximate surface area is 287 Å². The van der Waals surface area contributed by atoms with Crippen LogP contribution in [0.15, 0.2) is 66.9 Å². The second-order valence-corrected chi connectivity index (χ2v) is 10.7. The Balaban J connectivity index is 0.00000288. The number of amides is 2. The van der Waals surface area contributed by atoms with Crippen molar-refractivity contribution in [3.8, 4) is 23.0 Å². The van der Waals surface area contributed by atoms with E-state index in [9.17, 15) is 18.8 Å². The third kappa shape index (κ3) is 8.23. The number of unbranched alkanes of at least 4 members (excludes halogenated alkanes) is 1. The molecular formula is C32H30ClFN3NaO7. The van der Waals surface area contributed by atoms with Crippen molar-refractivity contribution in [3.05, 3.63) is 77.7 Å². The molecule has 45 heavy (non-hydrogen) atoms. The second kappa shape index (κ2) is 14.9. The number of rotatable bonds is 13. The quantitative estimate of drug-likeness (QED) is 0.113. The van der Waals surface area contributed by atoms with Crippen LogP contribution in [0.4, 0.5) is 15.8 Å². The molecule has 3 N–H and O–H groups in total. The Morgan fingerprint density at radius 2 is 1.62 bits per heavy atom. The molecule has 1 aliphatic carbocycles. The van der Waals surface area contributed by atoms with E-state index < -0.39 is 29.0 Å². The number of nitrogens with zero attached hydrogens (tertiary/aromatic N) is 1. The van der Waals surface area contributed by atoms with Crippen LogP contribution in [-0.2, 0) is 14.4 Å². The van der Waals surface area contributed by atoms with Gasteiger partial charge in [0.15, 0.2) is 11.5 Å². The normalized spacial score (nSPS) is 12.9. The van der Waals surface area contributed by atoms with Crippen molar-refractivity contribution in [1.82, 2.24) is 4.98 Å². The number of hydrogen-bond donors (Lipinski definition) is 3. The van der Waals surface area contributed by atoms with Crippen LogP contribution in [0.2, 0.25) is 5.02 Å². The number of benzene rings is 3. The molecule has 2 amide bonds. The summed E-state index contributed by atoms with van der Waals surface area (Å²) in [5, 5.41) is 15.1. The molecule has 1 aromatic heterocycles. The molecule has 4 aromatic rings. The Hall–Kier alpha value is -3.90. The number of carbonyl (C=O) groups excluding carboxylic acids is 2. The summed E-state index contributed by atoms with van der Waals surface area (Å²) >= 11 is 6.53. The molecule has 1 aliphatic rings. The Morgan fingerprint density at radius 1 is 0.933 bits per heavy atom. The minimum Gasteiger partial charge on any atom is -1.00 e. The molecule has 0 bridgehead atoms. The van der Waals surface area contributed by atoms with Crippen LogP contribution in [0.5, 0.6) is 23.0 Å². The zero-order chi connectivity index (χ0) is 31.3. The molecule has 0 radical (unpaired) electrons. The number of hydrogen-bond acceptors (Lipinski definition) is 7. The molecule has 0 atom stereocenters. The molecule has 0 aliphatic heterocycles. The molecule has 0 saturated heterocycles. The van der Waals surface area contributed by atoms with E-state index in [-0.39, 0.29) is 42.4 Å². The van der Waals surface area contributed by atoms with Gasteiger partial charge in [0.2, 0.25) is 11.8 Å². The summed E-state index contributed by atoms with van der Waals surface area (Å²) in [4.78, 5) is 41.1. The number of aliphatic carboxylic acids is 1. The summed E-state index contributed by atoms with van der Waals surface area (Å²) in [7, 11) is 1.51. The van der Waals surface area contributed by atoms with Gasteiger partial charge < -0.3 is 31.4 Å². The Morgan fingerprint density at radius 3 is 2.27 bits per heavy atom. The van der Waals surface area contributed by atoms with Crippen molar-refractivity contribution in [1.29, 1.82) is 0 Å². The number of fused-ring (bicyclic) bond motifs is 1. The maximum atomic E-state index is 13.2. The number of anilines is 2. The van der Waals surface area contributed by atoms with Gasteiger partial charge in [-0.05, 0) is 80.3 Å². The first-order valence-corrected chi connectivity index (χ1v) is 14.2. The molecular weight excluding hydrogens is 616 g/mol. The monoisotopic (exact) mass is 645 g/mol. The average molecular weight is 646 g/mol. The van der Waals surface area contributed by atoms with Crippen LogP contribution in [0, 0.1) is 11.2 Å². The third-order valence-electron chi connectivity index (χ3n) is 7.16. The van der Waals surface area contributed by atoms with Gasteiger partial charge in [-0.1, -0.05) is 11.6 Å². The molecule has 5 rings (SSSR count). The fourth-order valence-electron chi connectivity index (χ4n) is 4.55. The van der Waals surface area contributed by atoms with Crippen molar-refractivity contribution < 1.29 is 69.1 Å². The standard InChI is InChI=1S/C32H29ClFN3O7.Na.H/c1-42-27-17-22-24(18-28(27)43-15-3-2-4-29(38)39)35-14-11-25(22)44-26-10-9-21(16-23(26)33)37-31(41)32(12-13-32)30(40)36-20-7-5-19(34)6-8-20;;/h5-11,14,16-18H,2-4,12-13,15H2,1H3,(H,36,40)(H,37,41)(H,38,39);;/q;+1;-1. The van der Waals surface area contributed by atoms with Gasteiger partial charge >= 0.3 is 35.5 Å². The maximum Gasteiger partial charge on any atom is 1.00 e. The molecule has 3 aromatic carbocycles. The van der Waals surface area contributed by atoms with Gasteiger partial charge in [0.25, 0.3) is 0 Å². The molecule has 0 unspecified atom stereocenters. The predicted octanol–water partition coefficient (Wildman–Crippen LogP) is 3.94. The van der Waals surface area contributed by atoms with Gasteiger partial charge in [0, 0.05) is 35.4 Å². The predicted molar refractivity (Wildman–Crippen MR) is 163 cm³/mol. The van der Waals surface area contributed by atoms with Gasteiger partial charge in [-0.25, -0.2) is 4.39 Å². The average Bonchev–Trinajstić information content (AvgIpc) is 3.82. The zero-order valence-electron chi connectivity index (χ0n) is 25.7. The molecule has 0 spiro atoms. The van der Waals surface area contributed by atoms with E-state index in [0.29, 0.717) is 77.6 Å². The van der Waals surface area contributed by atoms with E-state index in [1.807, 2.05) is 0 Å². The summed E-state index contributed by atoms with van der Waals surface area (Å²) in [6.07, 6.45) is 3.50. The summed E-state index contributed by atoms with van der Waals surface area (Å²) in [6.45, 7) is 0.323. The number of carboxylic acid groups (broad SMARTS) is 1. The van der Waals surface area contributed by atoms with E-state index in [1.54, 1.807) is 36.5 Å². The number of aromatic nitrogens is 1. The topological polar surface area (TPSA) is 136 Å². The number of carboxylic acids is 1. The molecule has 230 valence electrons. The van der Waals surface area contributed by atoms with Crippen LogP contribution in [0.3, 0.4) is 0 Å². The van der Waals surface area contributed by atoms with E-state index >= 15 is 0 Å². The van der Waals surface area contributed by atoms with Crippen LogP contribution < -0.4 is 54.4 Å². The number of carbonyl (C=O) groups is 3. The maximum absolute atomic E-state index is 13.2. The van der Waals surface area contributed by atoms with Crippen molar-refractivity contribution in [2.45, 2.75) is 32.1 Å². The number of pyridine rings is 1. The molecule has 10 nitrogen and oxygen atoms in total. The van der Waals surface area contributed by atoms with Crippen LogP contribution in [-0.4, -0.2) is 41.6 Å². The van der Waals surface area contributed by atoms with Crippen molar-refractivity contribution in [3.63, 3.8) is 0 Å². The molecule has 1 saturated carbocycles. The first-order valence-electron chi connectivity index (χ1n) is 13.9. The molecule has 13 heteroatoms. The van der Waals surface area contributed by atoms with Crippen molar-refractivity contribution in [2.75, 3.05) is 24.4 Å². The van der Waals surface area contributed by atoms with Crippen LogP contribution in [0.25, 0.3) is 10.9 Å². The van der Waals surface area contributed by atoms with E-state index in [0.717, 1.165) is 0 Å². The van der Waals surface area contributed by atoms with E-state index in [2.05, 4.69) is 15.6 Å². The van der Waals surface area contributed by atoms with Gasteiger partial charge in [-0.2, -0.15) is 0 Å². The molecule has 1 fully saturated rings. The number of ether oxygens (including phenoxy) is 3. The van der Waals surface area contributed by atoms with Crippen molar-refractivity contribution >= 4 is 51.7 Å². The Bertz CT molecular complexity index is 1720.